The number of benzene rings is 2. The second kappa shape index (κ2) is 5.12. The molecule has 0 fully saturated rings. The Morgan fingerprint density at radius 2 is 2.00 bits per heavy atom. The van der Waals surface area contributed by atoms with Gasteiger partial charge in [-0.25, -0.2) is 0 Å². The van der Waals surface area contributed by atoms with Gasteiger partial charge in [0.15, 0.2) is 0 Å². The van der Waals surface area contributed by atoms with Crippen molar-refractivity contribution in [1.29, 1.82) is 0 Å². The molecule has 1 heterocycles. The van der Waals surface area contributed by atoms with E-state index in [-0.39, 0.29) is 11.3 Å². The molecule has 2 aliphatic rings. The lowest BCUT2D eigenvalue weighted by Crippen LogP contribution is -2.39. The minimum absolute atomic E-state index is 0.0929. The Labute approximate surface area is 136 Å². The van der Waals surface area contributed by atoms with Gasteiger partial charge >= 0.3 is 0 Å². The maximum atomic E-state index is 12.2. The monoisotopic (exact) mass is 307 g/mol. The summed E-state index contributed by atoms with van der Waals surface area (Å²) in [5, 5.41) is 0. The highest BCUT2D eigenvalue weighted by molar-refractivity contribution is 5.95. The van der Waals surface area contributed by atoms with Crippen molar-refractivity contribution in [3.63, 3.8) is 0 Å². The summed E-state index contributed by atoms with van der Waals surface area (Å²) < 4.78 is 5.46. The summed E-state index contributed by atoms with van der Waals surface area (Å²) in [5.41, 5.74) is 4.97. The zero-order chi connectivity index (χ0) is 16.0. The number of ether oxygens (including phenoxy) is 1. The Balaban J connectivity index is 1.95. The van der Waals surface area contributed by atoms with Crippen LogP contribution in [0.3, 0.4) is 0 Å². The Hall–Kier alpha value is -2.29. The molecule has 1 aliphatic heterocycles. The van der Waals surface area contributed by atoms with Gasteiger partial charge in [-0.05, 0) is 54.2 Å². The highest BCUT2D eigenvalue weighted by atomic mass is 16.5. The van der Waals surface area contributed by atoms with Crippen molar-refractivity contribution < 1.29 is 9.53 Å². The van der Waals surface area contributed by atoms with Crippen LogP contribution in [0.5, 0.6) is 5.75 Å². The zero-order valence-electron chi connectivity index (χ0n) is 13.6. The molecule has 1 atom stereocenters. The molecule has 3 heteroatoms. The molecular weight excluding hydrogens is 286 g/mol. The first-order chi connectivity index (χ1) is 11.2. The number of carbonyl (C=O) groups is 1. The van der Waals surface area contributed by atoms with Crippen LogP contribution >= 0.6 is 0 Å². The van der Waals surface area contributed by atoms with Crippen LogP contribution in [-0.4, -0.2) is 19.6 Å². The highest BCUT2D eigenvalue weighted by Crippen LogP contribution is 2.51. The minimum Gasteiger partial charge on any atom is -0.497 e. The number of para-hydroxylation sites is 1. The molecule has 0 N–H and O–H groups in total. The second-order valence-corrected chi connectivity index (χ2v) is 6.58. The normalized spacial score (nSPS) is 21.9. The number of amides is 1. The van der Waals surface area contributed by atoms with Gasteiger partial charge in [0, 0.05) is 24.6 Å². The summed E-state index contributed by atoms with van der Waals surface area (Å²) in [4.78, 5) is 14.1. The molecule has 4 rings (SSSR count). The number of carbonyl (C=O) groups excluding carboxylic acids is 1. The van der Waals surface area contributed by atoms with E-state index in [1.165, 1.54) is 16.7 Å². The third-order valence-electron chi connectivity index (χ3n) is 5.40. The van der Waals surface area contributed by atoms with Gasteiger partial charge in [0.2, 0.25) is 5.91 Å². The maximum Gasteiger partial charge on any atom is 0.223 e. The SMILES string of the molecule is COc1ccc2c(c1)C1(CCC2)CN(C(C)=O)c2ccccc21. The minimum atomic E-state index is -0.0929. The predicted molar refractivity (Wildman–Crippen MR) is 91.2 cm³/mol. The van der Waals surface area contributed by atoms with Gasteiger partial charge in [0.1, 0.15) is 5.75 Å². The van der Waals surface area contributed by atoms with Gasteiger partial charge in [-0.1, -0.05) is 24.3 Å². The molecule has 0 aromatic heterocycles. The summed E-state index contributed by atoms with van der Waals surface area (Å²) in [7, 11) is 1.71. The van der Waals surface area contributed by atoms with E-state index in [2.05, 4.69) is 30.3 Å². The number of methoxy groups -OCH3 is 1. The number of hydrogen-bond donors (Lipinski definition) is 0. The maximum absolute atomic E-state index is 12.2. The van der Waals surface area contributed by atoms with Gasteiger partial charge in [0.25, 0.3) is 0 Å². The first-order valence-corrected chi connectivity index (χ1v) is 8.21. The van der Waals surface area contributed by atoms with E-state index in [9.17, 15) is 4.79 Å². The van der Waals surface area contributed by atoms with Crippen molar-refractivity contribution in [2.75, 3.05) is 18.6 Å². The fraction of sp³-hybridized carbons (Fsp3) is 0.350. The Bertz CT molecular complexity index is 783. The number of rotatable bonds is 1. The fourth-order valence-electron chi connectivity index (χ4n) is 4.34. The van der Waals surface area contributed by atoms with Crippen molar-refractivity contribution in [3.8, 4) is 5.75 Å². The molecule has 1 amide bonds. The number of nitrogens with zero attached hydrogens (tertiary/aromatic N) is 1. The molecule has 1 spiro atoms. The molecule has 1 unspecified atom stereocenters. The number of fused-ring (bicyclic) bond motifs is 4. The summed E-state index contributed by atoms with van der Waals surface area (Å²) in [5.74, 6) is 1.01. The predicted octanol–water partition coefficient (Wildman–Crippen LogP) is 3.68. The second-order valence-electron chi connectivity index (χ2n) is 6.58. The lowest BCUT2D eigenvalue weighted by molar-refractivity contribution is -0.116. The highest BCUT2D eigenvalue weighted by Gasteiger charge is 2.47. The largest absolute Gasteiger partial charge is 0.497 e. The summed E-state index contributed by atoms with van der Waals surface area (Å²) in [6.45, 7) is 2.40. The van der Waals surface area contributed by atoms with E-state index in [0.29, 0.717) is 0 Å². The molecule has 0 saturated heterocycles. The molecule has 0 radical (unpaired) electrons. The first kappa shape index (κ1) is 14.3. The van der Waals surface area contributed by atoms with E-state index >= 15 is 0 Å². The molecule has 0 saturated carbocycles. The average molecular weight is 307 g/mol. The molecule has 0 bridgehead atoms. The van der Waals surface area contributed by atoms with Crippen LogP contribution in [-0.2, 0) is 16.6 Å². The molecule has 23 heavy (non-hydrogen) atoms. The molecule has 2 aromatic rings. The molecular formula is C20H21NO2. The quantitative estimate of drug-likeness (QED) is 0.804. The fourth-order valence-corrected chi connectivity index (χ4v) is 4.34. The number of hydrogen-bond acceptors (Lipinski definition) is 2. The van der Waals surface area contributed by atoms with E-state index in [1.807, 2.05) is 17.0 Å². The van der Waals surface area contributed by atoms with Crippen LogP contribution in [0, 0.1) is 0 Å². The Morgan fingerprint density at radius 1 is 1.17 bits per heavy atom. The molecule has 2 aromatic carbocycles. The Kier molecular flexibility index (Phi) is 3.19. The topological polar surface area (TPSA) is 29.5 Å². The summed E-state index contributed by atoms with van der Waals surface area (Å²) in [6.07, 6.45) is 3.33. The lowest BCUT2D eigenvalue weighted by atomic mass is 9.67. The Morgan fingerprint density at radius 3 is 2.78 bits per heavy atom. The third kappa shape index (κ3) is 1.99. The molecule has 118 valence electrons. The van der Waals surface area contributed by atoms with Crippen LogP contribution in [0.4, 0.5) is 5.69 Å². The first-order valence-electron chi connectivity index (χ1n) is 8.21. The smallest absolute Gasteiger partial charge is 0.223 e. The van der Waals surface area contributed by atoms with Crippen molar-refractivity contribution in [1.82, 2.24) is 0 Å². The zero-order valence-corrected chi connectivity index (χ0v) is 13.6. The van der Waals surface area contributed by atoms with Gasteiger partial charge in [-0.2, -0.15) is 0 Å². The van der Waals surface area contributed by atoms with Crippen LogP contribution in [0.15, 0.2) is 42.5 Å². The molecule has 1 aliphatic carbocycles. The van der Waals surface area contributed by atoms with E-state index < -0.39 is 0 Å². The van der Waals surface area contributed by atoms with Crippen LogP contribution in [0.2, 0.25) is 0 Å². The molecule has 3 nitrogen and oxygen atoms in total. The standard InChI is InChI=1S/C20H21NO2/c1-14(22)21-13-20(17-7-3-4-8-19(17)21)11-5-6-15-9-10-16(23-2)12-18(15)20/h3-4,7-10,12H,5-6,11,13H2,1-2H3. The third-order valence-corrected chi connectivity index (χ3v) is 5.40. The van der Waals surface area contributed by atoms with E-state index in [4.69, 9.17) is 4.74 Å². The van der Waals surface area contributed by atoms with E-state index in [1.54, 1.807) is 14.0 Å². The van der Waals surface area contributed by atoms with Crippen LogP contribution in [0.25, 0.3) is 0 Å². The van der Waals surface area contributed by atoms with Crippen LogP contribution in [0.1, 0.15) is 36.5 Å². The van der Waals surface area contributed by atoms with Crippen molar-refractivity contribution >= 4 is 11.6 Å². The van der Waals surface area contributed by atoms with Crippen molar-refractivity contribution in [2.24, 2.45) is 0 Å². The van der Waals surface area contributed by atoms with Gasteiger partial charge < -0.3 is 9.64 Å². The van der Waals surface area contributed by atoms with E-state index in [0.717, 1.165) is 37.2 Å². The van der Waals surface area contributed by atoms with Gasteiger partial charge in [-0.15, -0.1) is 0 Å². The van der Waals surface area contributed by atoms with Crippen molar-refractivity contribution in [2.45, 2.75) is 31.6 Å². The summed E-state index contributed by atoms with van der Waals surface area (Å²) >= 11 is 0. The number of anilines is 1. The number of aryl methyl sites for hydroxylation is 1. The lowest BCUT2D eigenvalue weighted by Gasteiger charge is -2.37. The van der Waals surface area contributed by atoms with Crippen LogP contribution < -0.4 is 9.64 Å². The summed E-state index contributed by atoms with van der Waals surface area (Å²) in [6, 6.07) is 14.8. The van der Waals surface area contributed by atoms with Gasteiger partial charge in [0.05, 0.1) is 7.11 Å². The average Bonchev–Trinajstić information content (AvgIpc) is 2.91. The van der Waals surface area contributed by atoms with Crippen molar-refractivity contribution in [3.05, 3.63) is 59.2 Å². The van der Waals surface area contributed by atoms with Gasteiger partial charge in [-0.3, -0.25) is 4.79 Å².